The molecule has 1 fully saturated rings. The minimum atomic E-state index is -0.341. The van der Waals surface area contributed by atoms with Crippen LogP contribution in [0.5, 0.6) is 5.75 Å². The number of amides is 2. The smallest absolute Gasteiger partial charge is 0.237 e. The van der Waals surface area contributed by atoms with Crippen molar-refractivity contribution in [3.8, 4) is 5.75 Å². The fraction of sp³-hybridized carbons (Fsp3) is 0.375. The van der Waals surface area contributed by atoms with Gasteiger partial charge in [0.1, 0.15) is 5.75 Å². The van der Waals surface area contributed by atoms with Gasteiger partial charge >= 0.3 is 0 Å². The molecule has 108 valence electrons. The van der Waals surface area contributed by atoms with Crippen LogP contribution in [-0.4, -0.2) is 35.9 Å². The van der Waals surface area contributed by atoms with Crippen molar-refractivity contribution in [3.63, 3.8) is 0 Å². The number of fused-ring (bicyclic) bond motifs is 5. The number of rotatable bonds is 1. The lowest BCUT2D eigenvalue weighted by Gasteiger charge is -2.21. The molecule has 0 spiro atoms. The maximum Gasteiger partial charge on any atom is 0.237 e. The quantitative estimate of drug-likeness (QED) is 0.813. The molecular formula is C16H16N2O3. The molecule has 2 heterocycles. The minimum Gasteiger partial charge on any atom is -0.495 e. The first-order chi connectivity index (χ1) is 10.1. The Balaban J connectivity index is 1.99. The van der Waals surface area contributed by atoms with Crippen LogP contribution in [0.3, 0.4) is 0 Å². The van der Waals surface area contributed by atoms with Crippen LogP contribution in [0.2, 0.25) is 0 Å². The Kier molecular flexibility index (Phi) is 2.43. The maximum atomic E-state index is 12.5. The van der Waals surface area contributed by atoms with E-state index >= 15 is 0 Å². The minimum absolute atomic E-state index is 0.0482. The SMILES string of the molecule is COc1cccc2c3c([nH]c12)CC[C@H]1C(=O)N(C)C(=O)[C@@H]31. The number of aryl methyl sites for hydroxylation is 1. The van der Waals surface area contributed by atoms with Crippen LogP contribution in [0.25, 0.3) is 10.9 Å². The highest BCUT2D eigenvalue weighted by Gasteiger charge is 2.50. The summed E-state index contributed by atoms with van der Waals surface area (Å²) in [5.41, 5.74) is 2.97. The van der Waals surface area contributed by atoms with Gasteiger partial charge in [0.05, 0.1) is 24.5 Å². The molecular weight excluding hydrogens is 268 g/mol. The number of aromatic amines is 1. The van der Waals surface area contributed by atoms with Crippen molar-refractivity contribution in [1.29, 1.82) is 0 Å². The van der Waals surface area contributed by atoms with E-state index in [1.165, 1.54) is 4.90 Å². The molecule has 1 saturated heterocycles. The van der Waals surface area contributed by atoms with Crippen LogP contribution in [0.1, 0.15) is 23.6 Å². The lowest BCUT2D eigenvalue weighted by Crippen LogP contribution is -2.25. The number of carbonyl (C=O) groups is 2. The van der Waals surface area contributed by atoms with Gasteiger partial charge in [0.25, 0.3) is 0 Å². The van der Waals surface area contributed by atoms with E-state index in [0.717, 1.165) is 40.8 Å². The number of hydrogen-bond donors (Lipinski definition) is 1. The highest BCUT2D eigenvalue weighted by molar-refractivity contribution is 6.10. The predicted octanol–water partition coefficient (Wildman–Crippen LogP) is 1.82. The van der Waals surface area contributed by atoms with Crippen LogP contribution in [0.4, 0.5) is 0 Å². The van der Waals surface area contributed by atoms with Gasteiger partial charge in [-0.05, 0) is 24.5 Å². The first-order valence-corrected chi connectivity index (χ1v) is 7.12. The zero-order chi connectivity index (χ0) is 14.7. The number of imide groups is 1. The average molecular weight is 284 g/mol. The van der Waals surface area contributed by atoms with E-state index in [1.54, 1.807) is 14.2 Å². The van der Waals surface area contributed by atoms with Crippen LogP contribution in [-0.2, 0) is 16.0 Å². The number of benzene rings is 1. The van der Waals surface area contributed by atoms with E-state index < -0.39 is 0 Å². The third-order valence-corrected chi connectivity index (χ3v) is 4.80. The number of nitrogens with zero attached hydrogens (tertiary/aromatic N) is 1. The zero-order valence-corrected chi connectivity index (χ0v) is 12.0. The third kappa shape index (κ3) is 1.46. The molecule has 2 amide bonds. The summed E-state index contributed by atoms with van der Waals surface area (Å²) in [6.07, 6.45) is 1.52. The molecule has 0 saturated carbocycles. The van der Waals surface area contributed by atoms with Crippen molar-refractivity contribution in [3.05, 3.63) is 29.5 Å². The van der Waals surface area contributed by atoms with Crippen LogP contribution < -0.4 is 4.74 Å². The largest absolute Gasteiger partial charge is 0.495 e. The number of likely N-dealkylation sites (N-methyl/N-ethyl adjacent to an activating group) is 1. The molecule has 5 heteroatoms. The van der Waals surface area contributed by atoms with E-state index in [1.807, 2.05) is 18.2 Å². The number of nitrogens with one attached hydrogen (secondary N) is 1. The first-order valence-electron chi connectivity index (χ1n) is 7.12. The fourth-order valence-electron chi connectivity index (χ4n) is 3.78. The molecule has 1 aromatic carbocycles. The lowest BCUT2D eigenvalue weighted by molar-refractivity contribution is -0.137. The Morgan fingerprint density at radius 3 is 2.86 bits per heavy atom. The van der Waals surface area contributed by atoms with Crippen molar-refractivity contribution in [2.75, 3.05) is 14.2 Å². The van der Waals surface area contributed by atoms with Gasteiger partial charge in [-0.25, -0.2) is 0 Å². The Labute approximate surface area is 121 Å². The number of carbonyl (C=O) groups excluding carboxylic acids is 2. The second kappa shape index (κ2) is 4.10. The van der Waals surface area contributed by atoms with Crippen LogP contribution in [0.15, 0.2) is 18.2 Å². The van der Waals surface area contributed by atoms with Gasteiger partial charge in [-0.2, -0.15) is 0 Å². The van der Waals surface area contributed by atoms with Gasteiger partial charge in [0.2, 0.25) is 11.8 Å². The van der Waals surface area contributed by atoms with Gasteiger partial charge in [-0.15, -0.1) is 0 Å². The van der Waals surface area contributed by atoms with Crippen molar-refractivity contribution in [1.82, 2.24) is 9.88 Å². The van der Waals surface area contributed by atoms with E-state index in [-0.39, 0.29) is 23.7 Å². The molecule has 0 unspecified atom stereocenters. The third-order valence-electron chi connectivity index (χ3n) is 4.80. The molecule has 0 radical (unpaired) electrons. The fourth-order valence-corrected chi connectivity index (χ4v) is 3.78. The predicted molar refractivity (Wildman–Crippen MR) is 77.2 cm³/mol. The molecule has 21 heavy (non-hydrogen) atoms. The van der Waals surface area contributed by atoms with Gasteiger partial charge in [-0.1, -0.05) is 12.1 Å². The first kappa shape index (κ1) is 12.4. The summed E-state index contributed by atoms with van der Waals surface area (Å²) in [6.45, 7) is 0. The number of ether oxygens (including phenoxy) is 1. The topological polar surface area (TPSA) is 62.4 Å². The van der Waals surface area contributed by atoms with E-state index in [0.29, 0.717) is 0 Å². The van der Waals surface area contributed by atoms with E-state index in [9.17, 15) is 9.59 Å². The van der Waals surface area contributed by atoms with Gasteiger partial charge in [0, 0.05) is 18.1 Å². The standard InChI is InChI=1S/C16H16N2O3/c1-18-15(19)9-6-7-10-12(13(9)16(18)20)8-4-3-5-11(21-2)14(8)17-10/h3-5,9,13,17H,6-7H2,1-2H3/t9-,13-/m1/s1. The summed E-state index contributed by atoms with van der Waals surface area (Å²) < 4.78 is 5.39. The summed E-state index contributed by atoms with van der Waals surface area (Å²) in [5.74, 6) is 0.0819. The molecule has 2 aliphatic rings. The van der Waals surface area contributed by atoms with Gasteiger partial charge in [0.15, 0.2) is 0 Å². The lowest BCUT2D eigenvalue weighted by atomic mass is 9.78. The summed E-state index contributed by atoms with van der Waals surface area (Å²) in [7, 11) is 3.22. The number of methoxy groups -OCH3 is 1. The summed E-state index contributed by atoms with van der Waals surface area (Å²) >= 11 is 0. The Morgan fingerprint density at radius 1 is 1.29 bits per heavy atom. The number of hydrogen-bond acceptors (Lipinski definition) is 3. The van der Waals surface area contributed by atoms with Crippen molar-refractivity contribution < 1.29 is 14.3 Å². The number of likely N-dealkylation sites (tertiary alicyclic amines) is 1. The van der Waals surface area contributed by atoms with Crippen molar-refractivity contribution >= 4 is 22.7 Å². The normalized spacial score (nSPS) is 24.4. The number of H-pyrrole nitrogens is 1. The molecule has 1 aliphatic carbocycles. The number of para-hydroxylation sites is 1. The molecule has 2 atom stereocenters. The summed E-state index contributed by atoms with van der Waals surface area (Å²) in [4.78, 5) is 29.4. The highest BCUT2D eigenvalue weighted by Crippen LogP contribution is 2.46. The average Bonchev–Trinajstić information content (AvgIpc) is 2.98. The van der Waals surface area contributed by atoms with Crippen LogP contribution >= 0.6 is 0 Å². The van der Waals surface area contributed by atoms with Crippen molar-refractivity contribution in [2.45, 2.75) is 18.8 Å². The molecule has 4 rings (SSSR count). The van der Waals surface area contributed by atoms with Gasteiger partial charge < -0.3 is 9.72 Å². The summed E-state index contributed by atoms with van der Waals surface area (Å²) in [6, 6.07) is 5.81. The molecule has 1 aliphatic heterocycles. The second-order valence-electron chi connectivity index (χ2n) is 5.76. The molecule has 0 bridgehead atoms. The number of aromatic nitrogens is 1. The van der Waals surface area contributed by atoms with Gasteiger partial charge in [-0.3, -0.25) is 14.5 Å². The monoisotopic (exact) mass is 284 g/mol. The highest BCUT2D eigenvalue weighted by atomic mass is 16.5. The van der Waals surface area contributed by atoms with Crippen molar-refractivity contribution in [2.24, 2.45) is 5.92 Å². The van der Waals surface area contributed by atoms with E-state index in [2.05, 4.69) is 4.98 Å². The molecule has 5 nitrogen and oxygen atoms in total. The second-order valence-corrected chi connectivity index (χ2v) is 5.76. The molecule has 1 N–H and O–H groups in total. The molecule has 2 aromatic rings. The van der Waals surface area contributed by atoms with Crippen LogP contribution in [0, 0.1) is 5.92 Å². The zero-order valence-electron chi connectivity index (χ0n) is 12.0. The Hall–Kier alpha value is -2.30. The van der Waals surface area contributed by atoms with E-state index in [4.69, 9.17) is 4.74 Å². The summed E-state index contributed by atoms with van der Waals surface area (Å²) in [5, 5.41) is 0.996. The molecule has 1 aromatic heterocycles. The maximum absolute atomic E-state index is 12.5. The Bertz CT molecular complexity index is 777. The Morgan fingerprint density at radius 2 is 2.10 bits per heavy atom.